The largest absolute Gasteiger partial charge is 0.463 e. The molecule has 1 amide bonds. The van der Waals surface area contributed by atoms with E-state index in [9.17, 15) is 33.6 Å². The van der Waals surface area contributed by atoms with Crippen LogP contribution in [0.2, 0.25) is 0 Å². The van der Waals surface area contributed by atoms with Gasteiger partial charge in [-0.2, -0.15) is 0 Å². The first-order valence-corrected chi connectivity index (χ1v) is 25.7. The third-order valence-corrected chi connectivity index (χ3v) is 15.1. The number of piperidine rings is 1. The molecule has 0 aromatic heterocycles. The van der Waals surface area contributed by atoms with Gasteiger partial charge in [-0.3, -0.25) is 24.0 Å². The van der Waals surface area contributed by atoms with E-state index in [4.69, 9.17) is 37.9 Å². The maximum absolute atomic E-state index is 12.1. The Morgan fingerprint density at radius 2 is 1.13 bits per heavy atom. The van der Waals surface area contributed by atoms with E-state index in [0.29, 0.717) is 64.1 Å². The number of hydrogen-bond donors (Lipinski definition) is 0. The number of nitrogens with zero attached hydrogens (tertiary/aromatic N) is 1. The first-order chi connectivity index (χ1) is 31.8. The number of ether oxygens (including phenoxy) is 8. The molecule has 1 aliphatic carbocycles. The van der Waals surface area contributed by atoms with Crippen LogP contribution in [0.25, 0.3) is 0 Å². The SMILES string of the molecule is CCC(C)(C)C(=O)OC1(C(C)C)CCCC1.CCC(C)(C)C(=O)OC1C2CC3C(=O)OC1C3O2.CCC(C)(C)C(=O)OC1CCN(C(=O)OC(C)(C)C)CC1.CCC(C)(C)C(=O)OC1CCOC1=O. The molecule has 0 radical (unpaired) electrons. The van der Waals surface area contributed by atoms with Crippen molar-refractivity contribution in [3.05, 3.63) is 0 Å². The van der Waals surface area contributed by atoms with E-state index < -0.39 is 46.1 Å². The molecule has 2 bridgehead atoms. The summed E-state index contributed by atoms with van der Waals surface area (Å²) in [5, 5.41) is 0. The Morgan fingerprint density at radius 1 is 0.652 bits per heavy atom. The van der Waals surface area contributed by atoms with E-state index >= 15 is 0 Å². The summed E-state index contributed by atoms with van der Waals surface area (Å²) in [7, 11) is 0. The number of carbonyl (C=O) groups excluding carboxylic acids is 7. The minimum atomic E-state index is -0.687. The minimum Gasteiger partial charge on any atom is -0.463 e. The number of rotatable bonds is 13. The zero-order valence-corrected chi connectivity index (χ0v) is 45.3. The first kappa shape index (κ1) is 59.4. The van der Waals surface area contributed by atoms with E-state index in [2.05, 4.69) is 13.8 Å². The first-order valence-electron chi connectivity index (χ1n) is 25.7. The summed E-state index contributed by atoms with van der Waals surface area (Å²) in [6, 6.07) is 0. The van der Waals surface area contributed by atoms with Crippen molar-refractivity contribution in [2.24, 2.45) is 33.5 Å². The molecule has 6 unspecified atom stereocenters. The van der Waals surface area contributed by atoms with Crippen LogP contribution >= 0.6 is 0 Å². The summed E-state index contributed by atoms with van der Waals surface area (Å²) in [6.45, 7) is 34.3. The van der Waals surface area contributed by atoms with Crippen LogP contribution in [0.5, 0.6) is 0 Å². The highest BCUT2D eigenvalue weighted by atomic mass is 16.7. The van der Waals surface area contributed by atoms with Crippen molar-refractivity contribution in [1.29, 1.82) is 0 Å². The molecule has 6 rings (SSSR count). The monoisotopic (exact) mass is 980 g/mol. The molecule has 5 aliphatic heterocycles. The van der Waals surface area contributed by atoms with Gasteiger partial charge in [0.15, 0.2) is 12.2 Å². The van der Waals surface area contributed by atoms with Crippen molar-refractivity contribution in [2.45, 2.75) is 243 Å². The molecule has 69 heavy (non-hydrogen) atoms. The number of fused-ring (bicyclic) bond motifs is 1. The topological polar surface area (TPSA) is 197 Å². The maximum atomic E-state index is 12.1. The van der Waals surface area contributed by atoms with Gasteiger partial charge in [0.1, 0.15) is 23.4 Å². The second kappa shape index (κ2) is 24.0. The molecular formula is C53H89NO15. The van der Waals surface area contributed by atoms with E-state index in [1.165, 1.54) is 12.8 Å². The van der Waals surface area contributed by atoms with Gasteiger partial charge in [0, 0.05) is 32.4 Å². The summed E-state index contributed by atoms with van der Waals surface area (Å²) in [5.74, 6) is -1.10. The molecule has 5 heterocycles. The number of cyclic esters (lactones) is 1. The van der Waals surface area contributed by atoms with Crippen molar-refractivity contribution in [3.8, 4) is 0 Å². The fourth-order valence-corrected chi connectivity index (χ4v) is 8.00. The Morgan fingerprint density at radius 3 is 1.58 bits per heavy atom. The lowest BCUT2D eigenvalue weighted by atomic mass is 9.86. The summed E-state index contributed by atoms with van der Waals surface area (Å²) < 4.78 is 43.0. The van der Waals surface area contributed by atoms with Crippen LogP contribution < -0.4 is 0 Å². The van der Waals surface area contributed by atoms with Crippen LogP contribution in [0.4, 0.5) is 4.79 Å². The van der Waals surface area contributed by atoms with Crippen LogP contribution in [0, 0.1) is 33.5 Å². The molecule has 396 valence electrons. The Balaban J connectivity index is 0.000000246. The molecule has 0 aromatic carbocycles. The minimum absolute atomic E-state index is 0.0226. The molecule has 16 heteroatoms. The third-order valence-electron chi connectivity index (χ3n) is 15.1. The summed E-state index contributed by atoms with van der Waals surface area (Å²) in [6.07, 6.45) is 7.62. The van der Waals surface area contributed by atoms with Crippen LogP contribution in [-0.2, 0) is 66.7 Å². The van der Waals surface area contributed by atoms with Crippen molar-refractivity contribution in [1.82, 2.24) is 4.90 Å². The quantitative estimate of drug-likeness (QED) is 0.125. The zero-order valence-electron chi connectivity index (χ0n) is 45.3. The number of carbonyl (C=O) groups is 7. The van der Waals surface area contributed by atoms with Crippen molar-refractivity contribution < 1.29 is 71.5 Å². The van der Waals surface area contributed by atoms with Crippen LogP contribution in [-0.4, -0.2) is 114 Å². The van der Waals surface area contributed by atoms with Gasteiger partial charge < -0.3 is 42.8 Å². The van der Waals surface area contributed by atoms with Gasteiger partial charge in [0.2, 0.25) is 6.10 Å². The van der Waals surface area contributed by atoms with E-state index in [1.54, 1.807) is 18.7 Å². The molecule has 6 aliphatic rings. The maximum Gasteiger partial charge on any atom is 0.410 e. The van der Waals surface area contributed by atoms with Crippen LogP contribution in [0.15, 0.2) is 0 Å². The standard InChI is InChI=1S/C16H29NO4.C14H26O2.C13H18O5.C10H16O4/c1-7-16(5,6)13(18)20-12-8-10-17(11-9-12)14(19)21-15(2,3)4;1-6-13(4,5)12(15)16-14(11(2)3)9-7-8-10-14;1-4-13(2,3)12(15)18-9-7-5-6-8(16-7)10(9)17-11(6)14;1-4-10(2,3)9(12)14-7-5-6-13-8(7)11/h12H,7-11H2,1-6H3;11H,6-10H2,1-5H3;6-10H,4-5H2,1-3H3;7H,4-6H2,1-3H3. The van der Waals surface area contributed by atoms with Gasteiger partial charge in [-0.15, -0.1) is 0 Å². The average molecular weight is 980 g/mol. The van der Waals surface area contributed by atoms with Gasteiger partial charge >= 0.3 is 41.9 Å². The van der Waals surface area contributed by atoms with Crippen molar-refractivity contribution >= 4 is 41.9 Å². The number of hydrogen-bond acceptors (Lipinski definition) is 15. The fraction of sp³-hybridized carbons (Fsp3) is 0.868. The molecule has 1 saturated carbocycles. The van der Waals surface area contributed by atoms with Gasteiger partial charge in [0.25, 0.3) is 0 Å². The molecule has 5 saturated heterocycles. The second-order valence-electron chi connectivity index (χ2n) is 23.4. The molecule has 16 nitrogen and oxygen atoms in total. The zero-order chi connectivity index (χ0) is 52.5. The third kappa shape index (κ3) is 15.8. The highest BCUT2D eigenvalue weighted by molar-refractivity contribution is 5.83. The lowest BCUT2D eigenvalue weighted by Gasteiger charge is -2.36. The predicted octanol–water partition coefficient (Wildman–Crippen LogP) is 9.63. The Kier molecular flexibility index (Phi) is 20.6. The van der Waals surface area contributed by atoms with Gasteiger partial charge in [-0.1, -0.05) is 41.5 Å². The second-order valence-corrected chi connectivity index (χ2v) is 23.4. The average Bonchev–Trinajstić information content (AvgIpc) is 4.12. The van der Waals surface area contributed by atoms with E-state index in [-0.39, 0.29) is 71.2 Å². The van der Waals surface area contributed by atoms with Crippen molar-refractivity contribution in [2.75, 3.05) is 19.7 Å². The van der Waals surface area contributed by atoms with Crippen molar-refractivity contribution in [3.63, 3.8) is 0 Å². The molecule has 0 aromatic rings. The van der Waals surface area contributed by atoms with E-state index in [0.717, 1.165) is 25.7 Å². The highest BCUT2D eigenvalue weighted by Gasteiger charge is 2.65. The number of esters is 6. The van der Waals surface area contributed by atoms with Gasteiger partial charge in [0.05, 0.1) is 40.3 Å². The highest BCUT2D eigenvalue weighted by Crippen LogP contribution is 2.48. The smallest absolute Gasteiger partial charge is 0.410 e. The normalized spacial score (nSPS) is 25.2. The lowest BCUT2D eigenvalue weighted by molar-refractivity contribution is -0.175. The molecule has 6 atom stereocenters. The number of likely N-dealkylation sites (tertiary alicyclic amines) is 1. The molecule has 0 spiro atoms. The fourth-order valence-electron chi connectivity index (χ4n) is 8.00. The van der Waals surface area contributed by atoms with E-state index in [1.807, 2.05) is 90.0 Å². The lowest BCUT2D eigenvalue weighted by Crippen LogP contribution is -2.44. The van der Waals surface area contributed by atoms with Crippen LogP contribution in [0.3, 0.4) is 0 Å². The Bertz CT molecular complexity index is 1780. The Hall–Kier alpha value is -3.95. The summed E-state index contributed by atoms with van der Waals surface area (Å²) >= 11 is 0. The Labute approximate surface area is 412 Å². The predicted molar refractivity (Wildman–Crippen MR) is 257 cm³/mol. The molecule has 6 fully saturated rings. The molecule has 0 N–H and O–H groups in total. The van der Waals surface area contributed by atoms with Gasteiger partial charge in [-0.05, 0) is 140 Å². The van der Waals surface area contributed by atoms with Crippen LogP contribution in [0.1, 0.15) is 195 Å². The summed E-state index contributed by atoms with van der Waals surface area (Å²) in [4.78, 5) is 84.0. The summed E-state index contributed by atoms with van der Waals surface area (Å²) in [5.41, 5.74) is -2.48. The molecular weight excluding hydrogens is 891 g/mol. The van der Waals surface area contributed by atoms with Gasteiger partial charge in [-0.25, -0.2) is 9.59 Å². The number of amides is 1.